The van der Waals surface area contributed by atoms with Crippen LogP contribution >= 0.6 is 0 Å². The SMILES string of the molecule is C=CC(=O)O.CCCC(O)(C(O)CO)[Si](O[Si](C)(C)C)(O[Si](C)(C)C)O[Si](C)(C)C. The van der Waals surface area contributed by atoms with E-state index in [1.54, 1.807) is 0 Å². The molecular weight excluding hydrogens is 457 g/mol. The monoisotopic (exact) mass is 500 g/mol. The number of hydrogen-bond donors (Lipinski definition) is 4. The van der Waals surface area contributed by atoms with Crippen molar-refractivity contribution in [1.82, 2.24) is 0 Å². The molecule has 8 nitrogen and oxygen atoms in total. The molecule has 0 aromatic rings. The van der Waals surface area contributed by atoms with Gasteiger partial charge in [0, 0.05) is 6.08 Å². The number of aliphatic hydroxyl groups excluding tert-OH is 2. The summed E-state index contributed by atoms with van der Waals surface area (Å²) in [5.41, 5.74) is 0. The van der Waals surface area contributed by atoms with Crippen molar-refractivity contribution in [3.63, 3.8) is 0 Å². The second kappa shape index (κ2) is 12.2. The van der Waals surface area contributed by atoms with Gasteiger partial charge in [-0.05, 0) is 65.3 Å². The largest absolute Gasteiger partial charge is 0.505 e. The van der Waals surface area contributed by atoms with Crippen LogP contribution in [0, 0.1) is 0 Å². The molecule has 0 aromatic heterocycles. The van der Waals surface area contributed by atoms with Crippen molar-refractivity contribution in [3.8, 4) is 0 Å². The van der Waals surface area contributed by atoms with Gasteiger partial charge in [-0.15, -0.1) is 0 Å². The summed E-state index contributed by atoms with van der Waals surface area (Å²) in [6, 6.07) is 0. The molecule has 180 valence electrons. The molecule has 0 amide bonds. The molecule has 4 N–H and O–H groups in total. The maximum absolute atomic E-state index is 11.6. The van der Waals surface area contributed by atoms with Gasteiger partial charge in [-0.3, -0.25) is 0 Å². The molecule has 12 heteroatoms. The summed E-state index contributed by atoms with van der Waals surface area (Å²) in [6.45, 7) is 22.5. The summed E-state index contributed by atoms with van der Waals surface area (Å²) in [7, 11) is -10.3. The highest BCUT2D eigenvalue weighted by molar-refractivity contribution is 6.91. The van der Waals surface area contributed by atoms with Crippen molar-refractivity contribution in [3.05, 3.63) is 12.7 Å². The minimum Gasteiger partial charge on any atom is -0.478 e. The van der Waals surface area contributed by atoms with Crippen molar-refractivity contribution >= 4 is 39.7 Å². The molecule has 0 aliphatic carbocycles. The van der Waals surface area contributed by atoms with Crippen LogP contribution in [0.15, 0.2) is 12.7 Å². The lowest BCUT2D eigenvalue weighted by Crippen LogP contribution is -2.76. The number of carboxylic acids is 1. The first kappa shape index (κ1) is 32.0. The van der Waals surface area contributed by atoms with Crippen molar-refractivity contribution < 1.29 is 37.6 Å². The van der Waals surface area contributed by atoms with Crippen molar-refractivity contribution in [2.75, 3.05) is 6.61 Å². The minimum atomic E-state index is -3.73. The van der Waals surface area contributed by atoms with E-state index in [-0.39, 0.29) is 6.42 Å². The van der Waals surface area contributed by atoms with Gasteiger partial charge in [0.2, 0.25) is 0 Å². The van der Waals surface area contributed by atoms with E-state index in [0.29, 0.717) is 6.42 Å². The van der Waals surface area contributed by atoms with Gasteiger partial charge in [0.25, 0.3) is 0 Å². The molecule has 0 aliphatic heterocycles. The second-order valence-corrected chi connectivity index (χ2v) is 27.2. The Morgan fingerprint density at radius 2 is 1.27 bits per heavy atom. The van der Waals surface area contributed by atoms with E-state index in [9.17, 15) is 20.1 Å². The summed E-state index contributed by atoms with van der Waals surface area (Å²) in [5, 5.41) is 37.7. The third kappa shape index (κ3) is 12.0. The van der Waals surface area contributed by atoms with Crippen LogP contribution in [0.4, 0.5) is 0 Å². The minimum absolute atomic E-state index is 0.250. The lowest BCUT2D eigenvalue weighted by molar-refractivity contribution is -0.131. The Kier molecular flexibility index (Phi) is 13.0. The Hall–Kier alpha value is -0.162. The lowest BCUT2D eigenvalue weighted by Gasteiger charge is -2.51. The summed E-state index contributed by atoms with van der Waals surface area (Å²) in [5.74, 6) is -0.981. The topological polar surface area (TPSA) is 126 Å². The molecule has 0 aliphatic rings. The van der Waals surface area contributed by atoms with Crippen molar-refractivity contribution in [1.29, 1.82) is 0 Å². The van der Waals surface area contributed by atoms with Crippen LogP contribution in [0.3, 0.4) is 0 Å². The molecule has 2 unspecified atom stereocenters. The molecule has 0 rings (SSSR count). The highest BCUT2D eigenvalue weighted by Gasteiger charge is 2.67. The Morgan fingerprint density at radius 3 is 1.43 bits per heavy atom. The molecule has 0 bridgehead atoms. The highest BCUT2D eigenvalue weighted by Crippen LogP contribution is 2.38. The van der Waals surface area contributed by atoms with Crippen molar-refractivity contribution in [2.45, 2.75) is 90.0 Å². The van der Waals surface area contributed by atoms with E-state index >= 15 is 0 Å². The maximum Gasteiger partial charge on any atom is 0.505 e. The number of carbonyl (C=O) groups is 1. The maximum atomic E-state index is 11.6. The smallest absolute Gasteiger partial charge is 0.478 e. The van der Waals surface area contributed by atoms with E-state index in [0.717, 1.165) is 6.08 Å². The second-order valence-electron chi connectivity index (χ2n) is 10.1. The predicted molar refractivity (Wildman–Crippen MR) is 130 cm³/mol. The van der Waals surface area contributed by atoms with E-state index in [1.807, 2.05) is 65.8 Å². The molecule has 0 spiro atoms. The predicted octanol–water partition coefficient (Wildman–Crippen LogP) is 3.16. The standard InChI is InChI=1S/C15H40O6Si4.C3H4O2/c1-11-12-15(18,14(17)13-16)25(19-22(2,3)4,20-23(5,6)7)21-24(8,9)10;1-2-3(4)5/h14,16-18H,11-13H2,1-10H3;2H,1H2,(H,4,5). The molecule has 0 saturated heterocycles. The Labute approximate surface area is 186 Å². The molecule has 0 aromatic carbocycles. The van der Waals surface area contributed by atoms with Crippen LogP contribution in [0.2, 0.25) is 58.9 Å². The van der Waals surface area contributed by atoms with Crippen LogP contribution < -0.4 is 0 Å². The first-order chi connectivity index (χ1) is 13.2. The Bertz CT molecular complexity index is 499. The van der Waals surface area contributed by atoms with Gasteiger partial charge >= 0.3 is 14.8 Å². The fourth-order valence-corrected chi connectivity index (χ4v) is 17.1. The van der Waals surface area contributed by atoms with Gasteiger partial charge in [-0.25, -0.2) is 4.79 Å². The number of aliphatic hydroxyl groups is 3. The average Bonchev–Trinajstić information content (AvgIpc) is 2.49. The number of aliphatic carboxylic acids is 1. The Balaban J connectivity index is 0. The van der Waals surface area contributed by atoms with Gasteiger partial charge < -0.3 is 32.8 Å². The van der Waals surface area contributed by atoms with Crippen LogP contribution in [0.25, 0.3) is 0 Å². The fraction of sp³-hybridized carbons (Fsp3) is 0.833. The fourth-order valence-electron chi connectivity index (χ4n) is 2.59. The van der Waals surface area contributed by atoms with Gasteiger partial charge in [0.1, 0.15) is 6.10 Å². The van der Waals surface area contributed by atoms with Gasteiger partial charge in [0.05, 0.1) is 6.61 Å². The van der Waals surface area contributed by atoms with Gasteiger partial charge in [0.15, 0.2) is 30.2 Å². The molecular formula is C18H44O8Si4. The quantitative estimate of drug-likeness (QED) is 0.238. The molecule has 0 saturated carbocycles. The third-order valence-electron chi connectivity index (χ3n) is 3.38. The molecule has 0 fully saturated rings. The van der Waals surface area contributed by atoms with Gasteiger partial charge in [-0.1, -0.05) is 19.9 Å². The molecule has 0 heterocycles. The highest BCUT2D eigenvalue weighted by atomic mass is 28.5. The summed E-state index contributed by atoms with van der Waals surface area (Å²) < 4.78 is 19.5. The number of hydrogen-bond acceptors (Lipinski definition) is 7. The van der Waals surface area contributed by atoms with E-state index in [1.165, 1.54) is 0 Å². The summed E-state index contributed by atoms with van der Waals surface area (Å²) in [4.78, 5) is 9.25. The normalized spacial score (nSPS) is 16.2. The van der Waals surface area contributed by atoms with Gasteiger partial charge in [-0.2, -0.15) is 0 Å². The summed E-state index contributed by atoms with van der Waals surface area (Å²) >= 11 is 0. The zero-order valence-corrected chi connectivity index (χ0v) is 24.4. The zero-order valence-electron chi connectivity index (χ0n) is 20.4. The molecule has 2 atom stereocenters. The number of carboxylic acid groups (broad SMARTS) is 1. The van der Waals surface area contributed by atoms with E-state index in [2.05, 4.69) is 6.58 Å². The summed E-state index contributed by atoms with van der Waals surface area (Å²) in [6.07, 6.45) is 0.324. The lowest BCUT2D eigenvalue weighted by atomic mass is 10.1. The molecule has 0 radical (unpaired) electrons. The van der Waals surface area contributed by atoms with Crippen LogP contribution in [-0.2, 0) is 17.1 Å². The van der Waals surface area contributed by atoms with Crippen LogP contribution in [0.1, 0.15) is 19.8 Å². The first-order valence-corrected chi connectivity index (χ1v) is 22.1. The van der Waals surface area contributed by atoms with Crippen LogP contribution in [0.5, 0.6) is 0 Å². The first-order valence-electron chi connectivity index (χ1n) is 10.2. The molecule has 30 heavy (non-hydrogen) atoms. The zero-order chi connectivity index (χ0) is 24.6. The van der Waals surface area contributed by atoms with Crippen molar-refractivity contribution in [2.24, 2.45) is 0 Å². The van der Waals surface area contributed by atoms with E-state index in [4.69, 9.17) is 17.5 Å². The Morgan fingerprint density at radius 1 is 0.967 bits per heavy atom. The average molecular weight is 501 g/mol. The van der Waals surface area contributed by atoms with E-state index < -0.39 is 57.7 Å². The van der Waals surface area contributed by atoms with Crippen LogP contribution in [-0.4, -0.2) is 78.1 Å². The third-order valence-corrected chi connectivity index (χ3v) is 15.6. The number of rotatable bonds is 12.